The van der Waals surface area contributed by atoms with Gasteiger partial charge in [0.2, 0.25) is 5.91 Å². The summed E-state index contributed by atoms with van der Waals surface area (Å²) in [6.45, 7) is 7.05. The van der Waals surface area contributed by atoms with Gasteiger partial charge in [0.1, 0.15) is 6.04 Å². The average Bonchev–Trinajstić information content (AvgIpc) is 2.67. The number of para-hydroxylation sites is 1. The highest BCUT2D eigenvalue weighted by Crippen LogP contribution is 2.24. The SMILES string of the molecule is CC[C@H](C(=O)NC(C)(C)C)N(Cc1ccc(Cl)cc1Cl)C(=O)COc1ccccc1F. The maximum Gasteiger partial charge on any atom is 0.261 e. The Hall–Kier alpha value is -2.31. The normalized spacial score (nSPS) is 12.2. The van der Waals surface area contributed by atoms with Crippen molar-refractivity contribution in [2.75, 3.05) is 6.61 Å². The summed E-state index contributed by atoms with van der Waals surface area (Å²) < 4.78 is 19.3. The van der Waals surface area contributed by atoms with Crippen LogP contribution < -0.4 is 10.1 Å². The predicted molar refractivity (Wildman–Crippen MR) is 121 cm³/mol. The van der Waals surface area contributed by atoms with Crippen molar-refractivity contribution in [2.45, 2.75) is 52.2 Å². The number of amides is 2. The fraction of sp³-hybridized carbons (Fsp3) is 0.391. The van der Waals surface area contributed by atoms with E-state index in [1.54, 1.807) is 24.3 Å². The van der Waals surface area contributed by atoms with Crippen LogP contribution in [0.25, 0.3) is 0 Å². The number of halogens is 3. The smallest absolute Gasteiger partial charge is 0.261 e. The average molecular weight is 469 g/mol. The van der Waals surface area contributed by atoms with Crippen LogP contribution in [0.5, 0.6) is 5.75 Å². The zero-order valence-electron chi connectivity index (χ0n) is 18.0. The van der Waals surface area contributed by atoms with Crippen molar-refractivity contribution >= 4 is 35.0 Å². The van der Waals surface area contributed by atoms with Gasteiger partial charge in [-0.05, 0) is 57.0 Å². The molecule has 2 aromatic carbocycles. The summed E-state index contributed by atoms with van der Waals surface area (Å²) in [6, 6.07) is 10.0. The van der Waals surface area contributed by atoms with Crippen LogP contribution in [-0.4, -0.2) is 34.9 Å². The first-order valence-electron chi connectivity index (χ1n) is 9.94. The van der Waals surface area contributed by atoms with Gasteiger partial charge in [-0.1, -0.05) is 48.3 Å². The van der Waals surface area contributed by atoms with E-state index < -0.39 is 29.9 Å². The van der Waals surface area contributed by atoms with Crippen molar-refractivity contribution in [3.63, 3.8) is 0 Å². The number of rotatable bonds is 8. The van der Waals surface area contributed by atoms with Crippen LogP contribution in [0.3, 0.4) is 0 Å². The lowest BCUT2D eigenvalue weighted by Gasteiger charge is -2.33. The molecule has 2 rings (SSSR count). The van der Waals surface area contributed by atoms with E-state index in [-0.39, 0.29) is 18.2 Å². The molecule has 0 spiro atoms. The summed E-state index contributed by atoms with van der Waals surface area (Å²) >= 11 is 12.3. The molecule has 0 saturated heterocycles. The number of hydrogen-bond donors (Lipinski definition) is 1. The Kier molecular flexibility index (Phi) is 8.71. The summed E-state index contributed by atoms with van der Waals surface area (Å²) in [6.07, 6.45) is 0.374. The predicted octanol–water partition coefficient (Wildman–Crippen LogP) is 5.23. The van der Waals surface area contributed by atoms with Gasteiger partial charge in [-0.2, -0.15) is 0 Å². The summed E-state index contributed by atoms with van der Waals surface area (Å²) in [4.78, 5) is 27.4. The van der Waals surface area contributed by atoms with E-state index in [0.29, 0.717) is 22.0 Å². The first kappa shape index (κ1) is 25.0. The molecule has 1 atom stereocenters. The molecule has 168 valence electrons. The minimum Gasteiger partial charge on any atom is -0.481 e. The second kappa shape index (κ2) is 10.8. The lowest BCUT2D eigenvalue weighted by molar-refractivity contribution is -0.143. The molecule has 0 aliphatic carbocycles. The third-order valence-corrected chi connectivity index (χ3v) is 5.01. The topological polar surface area (TPSA) is 58.6 Å². The number of nitrogens with one attached hydrogen (secondary N) is 1. The highest BCUT2D eigenvalue weighted by atomic mass is 35.5. The van der Waals surface area contributed by atoms with E-state index in [1.807, 2.05) is 27.7 Å². The molecule has 31 heavy (non-hydrogen) atoms. The molecule has 0 aliphatic heterocycles. The van der Waals surface area contributed by atoms with Gasteiger partial charge in [-0.3, -0.25) is 9.59 Å². The first-order valence-corrected chi connectivity index (χ1v) is 10.7. The molecule has 8 heteroatoms. The Morgan fingerprint density at radius 2 is 1.84 bits per heavy atom. The second-order valence-corrected chi connectivity index (χ2v) is 8.98. The van der Waals surface area contributed by atoms with Gasteiger partial charge in [-0.15, -0.1) is 0 Å². The zero-order chi connectivity index (χ0) is 23.2. The lowest BCUT2D eigenvalue weighted by atomic mass is 10.1. The Morgan fingerprint density at radius 1 is 1.16 bits per heavy atom. The van der Waals surface area contributed by atoms with Crippen molar-refractivity contribution in [1.29, 1.82) is 0 Å². The third kappa shape index (κ3) is 7.40. The van der Waals surface area contributed by atoms with Gasteiger partial charge in [0.05, 0.1) is 0 Å². The zero-order valence-corrected chi connectivity index (χ0v) is 19.6. The van der Waals surface area contributed by atoms with E-state index in [4.69, 9.17) is 27.9 Å². The number of carbonyl (C=O) groups is 2. The first-order chi connectivity index (χ1) is 14.5. The van der Waals surface area contributed by atoms with Crippen LogP contribution in [0.4, 0.5) is 4.39 Å². The number of carbonyl (C=O) groups excluding carboxylic acids is 2. The molecule has 0 aliphatic rings. The maximum atomic E-state index is 13.9. The van der Waals surface area contributed by atoms with E-state index in [2.05, 4.69) is 5.32 Å². The molecule has 0 radical (unpaired) electrons. The summed E-state index contributed by atoms with van der Waals surface area (Å²) in [5.41, 5.74) is 0.160. The largest absolute Gasteiger partial charge is 0.481 e. The van der Waals surface area contributed by atoms with Crippen molar-refractivity contribution in [3.05, 3.63) is 63.9 Å². The molecule has 2 amide bonds. The minimum absolute atomic E-state index is 0.0347. The van der Waals surface area contributed by atoms with Gasteiger partial charge < -0.3 is 15.0 Å². The molecule has 0 unspecified atom stereocenters. The van der Waals surface area contributed by atoms with Crippen molar-refractivity contribution < 1.29 is 18.7 Å². The summed E-state index contributed by atoms with van der Waals surface area (Å²) in [7, 11) is 0. The highest BCUT2D eigenvalue weighted by Gasteiger charge is 2.31. The quantitative estimate of drug-likeness (QED) is 0.576. The standard InChI is InChI=1S/C23H27Cl2FN2O3/c1-5-19(22(30)27-23(2,3)4)28(13-15-10-11-16(24)12-17(15)25)21(29)14-31-20-9-7-6-8-18(20)26/h6-12,19H,5,13-14H2,1-4H3,(H,27,30)/t19-/m1/s1. The van der Waals surface area contributed by atoms with Crippen LogP contribution in [0, 0.1) is 5.82 Å². The Morgan fingerprint density at radius 3 is 2.42 bits per heavy atom. The van der Waals surface area contributed by atoms with Crippen LogP contribution >= 0.6 is 23.2 Å². The highest BCUT2D eigenvalue weighted by molar-refractivity contribution is 6.35. The van der Waals surface area contributed by atoms with Crippen LogP contribution in [-0.2, 0) is 16.1 Å². The second-order valence-electron chi connectivity index (χ2n) is 8.14. The van der Waals surface area contributed by atoms with Gasteiger partial charge in [0.25, 0.3) is 5.91 Å². The van der Waals surface area contributed by atoms with Crippen molar-refractivity contribution in [1.82, 2.24) is 10.2 Å². The molecule has 0 bridgehead atoms. The summed E-state index contributed by atoms with van der Waals surface area (Å²) in [5, 5.41) is 3.76. The Balaban J connectivity index is 2.29. The molecular weight excluding hydrogens is 442 g/mol. The van der Waals surface area contributed by atoms with Gasteiger partial charge in [0.15, 0.2) is 18.2 Å². The van der Waals surface area contributed by atoms with E-state index in [1.165, 1.54) is 23.1 Å². The van der Waals surface area contributed by atoms with Crippen LogP contribution in [0.15, 0.2) is 42.5 Å². The van der Waals surface area contributed by atoms with Gasteiger partial charge in [-0.25, -0.2) is 4.39 Å². The molecule has 0 heterocycles. The summed E-state index contributed by atoms with van der Waals surface area (Å²) in [5.74, 6) is -1.36. The lowest BCUT2D eigenvalue weighted by Crippen LogP contribution is -2.54. The molecule has 0 fully saturated rings. The molecule has 2 aromatic rings. The van der Waals surface area contributed by atoms with Gasteiger partial charge in [0, 0.05) is 22.1 Å². The van der Waals surface area contributed by atoms with Crippen molar-refractivity contribution in [3.8, 4) is 5.75 Å². The Labute approximate surface area is 192 Å². The van der Waals surface area contributed by atoms with Gasteiger partial charge >= 0.3 is 0 Å². The molecule has 1 N–H and O–H groups in total. The van der Waals surface area contributed by atoms with E-state index in [9.17, 15) is 14.0 Å². The van der Waals surface area contributed by atoms with Crippen molar-refractivity contribution in [2.24, 2.45) is 0 Å². The van der Waals surface area contributed by atoms with E-state index in [0.717, 1.165) is 0 Å². The maximum absolute atomic E-state index is 13.9. The van der Waals surface area contributed by atoms with E-state index >= 15 is 0 Å². The fourth-order valence-electron chi connectivity index (χ4n) is 2.99. The molecule has 0 saturated carbocycles. The number of ether oxygens (including phenoxy) is 1. The number of benzene rings is 2. The molecule has 0 aromatic heterocycles. The third-order valence-electron chi connectivity index (χ3n) is 4.43. The van der Waals surface area contributed by atoms with Crippen LogP contribution in [0.1, 0.15) is 39.7 Å². The molecular formula is C23H27Cl2FN2O3. The Bertz CT molecular complexity index is 931. The number of hydrogen-bond acceptors (Lipinski definition) is 3. The molecule has 5 nitrogen and oxygen atoms in total. The number of nitrogens with zero attached hydrogens (tertiary/aromatic N) is 1. The fourth-order valence-corrected chi connectivity index (χ4v) is 3.46. The monoisotopic (exact) mass is 468 g/mol. The van der Waals surface area contributed by atoms with Crippen LogP contribution in [0.2, 0.25) is 10.0 Å². The minimum atomic E-state index is -0.761.